The molecule has 1 N–H and O–H groups in total. The summed E-state index contributed by atoms with van der Waals surface area (Å²) in [6.45, 7) is 3.02. The molecule has 0 saturated carbocycles. The number of hydrogen-bond acceptors (Lipinski definition) is 2. The van der Waals surface area contributed by atoms with Crippen molar-refractivity contribution >= 4 is 28.9 Å². The molecule has 114 valence electrons. The summed E-state index contributed by atoms with van der Waals surface area (Å²) in [5.74, 6) is -0.0904. The average Bonchev–Trinajstić information content (AvgIpc) is 3.02. The first-order valence-electron chi connectivity index (χ1n) is 7.45. The van der Waals surface area contributed by atoms with Gasteiger partial charge in [-0.3, -0.25) is 4.79 Å². The van der Waals surface area contributed by atoms with Crippen LogP contribution in [-0.4, -0.2) is 25.2 Å². The third kappa shape index (κ3) is 2.85. The zero-order valence-corrected chi connectivity index (χ0v) is 13.5. The highest BCUT2D eigenvalue weighted by molar-refractivity contribution is 6.31. The molecule has 2 heterocycles. The largest absolute Gasteiger partial charge is 0.308 e. The van der Waals surface area contributed by atoms with E-state index >= 15 is 0 Å². The van der Waals surface area contributed by atoms with Crippen LogP contribution >= 0.6 is 11.6 Å². The monoisotopic (exact) mass is 316 g/mol. The molecule has 1 unspecified atom stereocenters. The maximum Gasteiger partial charge on any atom is 0.280 e. The quantitative estimate of drug-likeness (QED) is 0.834. The van der Waals surface area contributed by atoms with Crippen molar-refractivity contribution in [3.05, 3.63) is 52.7 Å². The van der Waals surface area contributed by atoms with E-state index in [-0.39, 0.29) is 5.91 Å². The van der Waals surface area contributed by atoms with Crippen LogP contribution in [0.25, 0.3) is 0 Å². The molecular formula is C17H19ClN3O+. The van der Waals surface area contributed by atoms with Gasteiger partial charge in [0.15, 0.2) is 0 Å². The van der Waals surface area contributed by atoms with Crippen molar-refractivity contribution in [3.63, 3.8) is 0 Å². The zero-order valence-electron chi connectivity index (χ0n) is 12.8. The lowest BCUT2D eigenvalue weighted by molar-refractivity contribution is -0.828. The van der Waals surface area contributed by atoms with Crippen LogP contribution in [0.4, 0.5) is 5.69 Å². The van der Waals surface area contributed by atoms with E-state index in [4.69, 9.17) is 11.6 Å². The van der Waals surface area contributed by atoms with Crippen LogP contribution in [0.3, 0.4) is 0 Å². The Bertz CT molecular complexity index is 688. The summed E-state index contributed by atoms with van der Waals surface area (Å²) in [6.07, 6.45) is 6.28. The van der Waals surface area contributed by atoms with Gasteiger partial charge in [0.1, 0.15) is 5.70 Å². The molecule has 4 nitrogen and oxygen atoms in total. The van der Waals surface area contributed by atoms with Crippen molar-refractivity contribution in [3.8, 4) is 0 Å². The highest BCUT2D eigenvalue weighted by atomic mass is 35.5. The molecule has 5 heteroatoms. The van der Waals surface area contributed by atoms with E-state index < -0.39 is 0 Å². The minimum Gasteiger partial charge on any atom is -0.308 e. The van der Waals surface area contributed by atoms with Gasteiger partial charge in [-0.15, -0.1) is 0 Å². The summed E-state index contributed by atoms with van der Waals surface area (Å²) < 4.78 is 0. The van der Waals surface area contributed by atoms with Crippen molar-refractivity contribution in [2.45, 2.75) is 19.8 Å². The van der Waals surface area contributed by atoms with Crippen LogP contribution in [0.1, 0.15) is 19.8 Å². The van der Waals surface area contributed by atoms with E-state index in [2.05, 4.69) is 18.2 Å². The number of carbonyl (C=O) groups is 1. The fraction of sp³-hybridized carbons (Fsp3) is 0.294. The minimum absolute atomic E-state index is 0.0904. The fourth-order valence-corrected chi connectivity index (χ4v) is 2.92. The number of quaternary nitrogens is 1. The standard InChI is InChI=1S/C17H18ClN3O/c1-12-16(10-9-14-4-3-11-20(14)2)17(22)21(19-12)15-7-5-13(18)6-8-15/h5-10H,3-4,11H2,1-2H3/p+1/b14-9-,16-10+. The molecule has 0 spiro atoms. The van der Waals surface area contributed by atoms with E-state index in [9.17, 15) is 4.79 Å². The lowest BCUT2D eigenvalue weighted by atomic mass is 10.1. The summed E-state index contributed by atoms with van der Waals surface area (Å²) in [5.41, 5.74) is 3.47. The van der Waals surface area contributed by atoms with Gasteiger partial charge in [0.05, 0.1) is 30.6 Å². The second-order valence-corrected chi connectivity index (χ2v) is 6.12. The van der Waals surface area contributed by atoms with Gasteiger partial charge in [-0.2, -0.15) is 10.1 Å². The molecule has 2 aliphatic heterocycles. The second-order valence-electron chi connectivity index (χ2n) is 5.68. The van der Waals surface area contributed by atoms with Crippen LogP contribution in [0, 0.1) is 0 Å². The molecule has 1 atom stereocenters. The second kappa shape index (κ2) is 6.07. The summed E-state index contributed by atoms with van der Waals surface area (Å²) in [5, 5.41) is 6.44. The van der Waals surface area contributed by atoms with Gasteiger partial charge in [0, 0.05) is 17.9 Å². The summed E-state index contributed by atoms with van der Waals surface area (Å²) in [4.78, 5) is 14.0. The van der Waals surface area contributed by atoms with Crippen molar-refractivity contribution in [1.29, 1.82) is 0 Å². The van der Waals surface area contributed by atoms with Crippen LogP contribution in [0.5, 0.6) is 0 Å². The van der Waals surface area contributed by atoms with Gasteiger partial charge in [0.2, 0.25) is 0 Å². The molecule has 1 aromatic rings. The molecule has 1 fully saturated rings. The Morgan fingerprint density at radius 1 is 1.27 bits per heavy atom. The zero-order chi connectivity index (χ0) is 15.7. The number of hydrazone groups is 1. The van der Waals surface area contributed by atoms with Crippen LogP contribution in [0.2, 0.25) is 5.02 Å². The number of nitrogens with one attached hydrogen (secondary N) is 1. The molecule has 2 aliphatic rings. The molecule has 22 heavy (non-hydrogen) atoms. The number of benzene rings is 1. The number of nitrogens with zero attached hydrogens (tertiary/aromatic N) is 2. The highest BCUT2D eigenvalue weighted by Gasteiger charge is 2.28. The van der Waals surface area contributed by atoms with Crippen LogP contribution < -0.4 is 9.91 Å². The van der Waals surface area contributed by atoms with E-state index in [0.29, 0.717) is 10.6 Å². The Morgan fingerprint density at radius 3 is 2.64 bits per heavy atom. The normalized spacial score (nSPS) is 25.4. The molecule has 1 aromatic carbocycles. The smallest absolute Gasteiger partial charge is 0.280 e. The van der Waals surface area contributed by atoms with Gasteiger partial charge in [-0.05, 0) is 43.3 Å². The Balaban J connectivity index is 1.85. The number of amides is 1. The lowest BCUT2D eigenvalue weighted by Crippen LogP contribution is -3.04. The topological polar surface area (TPSA) is 37.1 Å². The number of carbonyl (C=O) groups excluding carboxylic acids is 1. The Hall–Kier alpha value is -1.91. The van der Waals surface area contributed by atoms with Crippen molar-refractivity contribution in [1.82, 2.24) is 0 Å². The minimum atomic E-state index is -0.0904. The fourth-order valence-electron chi connectivity index (χ4n) is 2.79. The lowest BCUT2D eigenvalue weighted by Gasteiger charge is -2.11. The third-order valence-electron chi connectivity index (χ3n) is 4.13. The first kappa shape index (κ1) is 15.0. The summed E-state index contributed by atoms with van der Waals surface area (Å²) >= 11 is 5.89. The predicted octanol–water partition coefficient (Wildman–Crippen LogP) is 2.18. The molecule has 3 rings (SSSR count). The molecule has 1 amide bonds. The molecular weight excluding hydrogens is 298 g/mol. The average molecular weight is 317 g/mol. The van der Waals surface area contributed by atoms with E-state index in [0.717, 1.165) is 24.4 Å². The Labute approximate surface area is 135 Å². The van der Waals surface area contributed by atoms with Crippen molar-refractivity contribution < 1.29 is 9.69 Å². The number of anilines is 1. The number of rotatable bonds is 2. The number of likely N-dealkylation sites (tertiary alicyclic amines) is 1. The Morgan fingerprint density at radius 2 is 2.00 bits per heavy atom. The summed E-state index contributed by atoms with van der Waals surface area (Å²) in [7, 11) is 2.16. The highest BCUT2D eigenvalue weighted by Crippen LogP contribution is 2.25. The van der Waals surface area contributed by atoms with Crippen molar-refractivity contribution in [2.24, 2.45) is 5.10 Å². The van der Waals surface area contributed by atoms with Gasteiger partial charge >= 0.3 is 0 Å². The first-order chi connectivity index (χ1) is 10.6. The van der Waals surface area contributed by atoms with E-state index in [1.807, 2.05) is 13.0 Å². The molecule has 1 saturated heterocycles. The molecule has 0 bridgehead atoms. The number of allylic oxidation sites excluding steroid dienone is 3. The SMILES string of the molecule is CC1=NN(c2ccc(Cl)cc2)C(=O)/C1=C/C=C1/CCC[NH+]1C. The van der Waals surface area contributed by atoms with E-state index in [1.54, 1.807) is 24.3 Å². The van der Waals surface area contributed by atoms with E-state index in [1.165, 1.54) is 22.0 Å². The molecule has 0 aromatic heterocycles. The van der Waals surface area contributed by atoms with Gasteiger partial charge in [-0.1, -0.05) is 11.6 Å². The van der Waals surface area contributed by atoms with Crippen molar-refractivity contribution in [2.75, 3.05) is 18.6 Å². The van der Waals surface area contributed by atoms with Gasteiger partial charge in [-0.25, -0.2) is 0 Å². The third-order valence-corrected chi connectivity index (χ3v) is 4.38. The number of halogens is 1. The predicted molar refractivity (Wildman–Crippen MR) is 89.2 cm³/mol. The molecule has 0 radical (unpaired) electrons. The Kier molecular flexibility index (Phi) is 4.14. The van der Waals surface area contributed by atoms with Crippen LogP contribution in [-0.2, 0) is 4.79 Å². The first-order valence-corrected chi connectivity index (χ1v) is 7.83. The molecule has 0 aliphatic carbocycles. The maximum absolute atomic E-state index is 12.6. The van der Waals surface area contributed by atoms with Crippen LogP contribution in [0.15, 0.2) is 52.8 Å². The van der Waals surface area contributed by atoms with Gasteiger partial charge < -0.3 is 4.90 Å². The maximum atomic E-state index is 12.6. The number of hydrogen-bond donors (Lipinski definition) is 1. The summed E-state index contributed by atoms with van der Waals surface area (Å²) in [6, 6.07) is 7.12. The van der Waals surface area contributed by atoms with Gasteiger partial charge in [0.25, 0.3) is 5.91 Å².